The molecule has 0 unspecified atom stereocenters. The lowest BCUT2D eigenvalue weighted by molar-refractivity contribution is 0.119. The minimum atomic E-state index is -0.326. The molecule has 0 aliphatic heterocycles. The Balaban J connectivity index is 2.69. The molecule has 0 saturated carbocycles. The Morgan fingerprint density at radius 2 is 1.85 bits per heavy atom. The van der Waals surface area contributed by atoms with Gasteiger partial charge in [-0.3, -0.25) is 0 Å². The molecule has 0 aromatic heterocycles. The first-order chi connectivity index (χ1) is 6.03. The Labute approximate surface area is 83.6 Å². The predicted molar refractivity (Wildman–Crippen MR) is 55.2 cm³/mol. The van der Waals surface area contributed by atoms with Gasteiger partial charge in [-0.25, -0.2) is 0 Å². The van der Waals surface area contributed by atoms with Crippen LogP contribution in [0.4, 0.5) is 0 Å². The van der Waals surface area contributed by atoms with E-state index in [1.165, 1.54) is 0 Å². The van der Waals surface area contributed by atoms with Crippen LogP contribution in [0.5, 0.6) is 5.75 Å². The van der Waals surface area contributed by atoms with Crippen LogP contribution in [-0.2, 0) is 0 Å². The van der Waals surface area contributed by atoms with Crippen LogP contribution >= 0.6 is 11.6 Å². The number of nitrogens with two attached hydrogens (primary N) is 1. The molecular formula is C10H14ClNO. The van der Waals surface area contributed by atoms with Crippen molar-refractivity contribution in [2.24, 2.45) is 5.73 Å². The molecule has 0 heterocycles. The summed E-state index contributed by atoms with van der Waals surface area (Å²) >= 11 is 5.74. The molecule has 2 N–H and O–H groups in total. The molecule has 0 amide bonds. The van der Waals surface area contributed by atoms with Crippen LogP contribution in [0.15, 0.2) is 24.3 Å². The highest BCUT2D eigenvalue weighted by atomic mass is 35.5. The summed E-state index contributed by atoms with van der Waals surface area (Å²) < 4.78 is 5.62. The van der Waals surface area contributed by atoms with Crippen LogP contribution in [-0.4, -0.2) is 12.1 Å². The molecule has 0 radical (unpaired) electrons. The predicted octanol–water partition coefficient (Wildman–Crippen LogP) is 2.46. The summed E-state index contributed by atoms with van der Waals surface area (Å²) in [6.45, 7) is 4.37. The largest absolute Gasteiger partial charge is 0.487 e. The summed E-state index contributed by atoms with van der Waals surface area (Å²) in [5.74, 6) is 0.792. The van der Waals surface area contributed by atoms with Crippen LogP contribution in [0.25, 0.3) is 0 Å². The highest BCUT2D eigenvalue weighted by Crippen LogP contribution is 2.19. The van der Waals surface area contributed by atoms with Crippen molar-refractivity contribution in [1.29, 1.82) is 0 Å². The standard InChI is InChI=1S/C10H14ClNO/c1-10(2,7-12)13-9-5-3-8(11)4-6-9/h3-6H,7,12H2,1-2H3. The van der Waals surface area contributed by atoms with E-state index >= 15 is 0 Å². The summed E-state index contributed by atoms with van der Waals surface area (Å²) in [5.41, 5.74) is 5.21. The van der Waals surface area contributed by atoms with Crippen LogP contribution in [0.1, 0.15) is 13.8 Å². The number of rotatable bonds is 3. The highest BCUT2D eigenvalue weighted by Gasteiger charge is 2.16. The van der Waals surface area contributed by atoms with Crippen molar-refractivity contribution in [3.63, 3.8) is 0 Å². The van der Waals surface area contributed by atoms with Gasteiger partial charge in [-0.2, -0.15) is 0 Å². The van der Waals surface area contributed by atoms with Gasteiger partial charge >= 0.3 is 0 Å². The zero-order valence-corrected chi connectivity index (χ0v) is 8.64. The molecule has 0 spiro atoms. The summed E-state index contributed by atoms with van der Waals surface area (Å²) in [6.07, 6.45) is 0. The SMILES string of the molecule is CC(C)(CN)Oc1ccc(Cl)cc1. The van der Waals surface area contributed by atoms with Crippen molar-refractivity contribution in [2.45, 2.75) is 19.4 Å². The van der Waals surface area contributed by atoms with Gasteiger partial charge in [-0.1, -0.05) is 11.6 Å². The van der Waals surface area contributed by atoms with Crippen molar-refractivity contribution < 1.29 is 4.74 Å². The molecule has 0 aliphatic rings. The first-order valence-electron chi connectivity index (χ1n) is 4.18. The van der Waals surface area contributed by atoms with E-state index < -0.39 is 0 Å². The quantitative estimate of drug-likeness (QED) is 0.812. The molecular weight excluding hydrogens is 186 g/mol. The number of hydrogen-bond acceptors (Lipinski definition) is 2. The third-order valence-corrected chi connectivity index (χ3v) is 1.95. The fourth-order valence-corrected chi connectivity index (χ4v) is 0.989. The molecule has 13 heavy (non-hydrogen) atoms. The van der Waals surface area contributed by atoms with E-state index in [9.17, 15) is 0 Å². The average Bonchev–Trinajstić information content (AvgIpc) is 2.09. The zero-order chi connectivity index (χ0) is 9.90. The van der Waals surface area contributed by atoms with E-state index in [0.717, 1.165) is 5.75 Å². The van der Waals surface area contributed by atoms with Gasteiger partial charge < -0.3 is 10.5 Å². The minimum Gasteiger partial charge on any atom is -0.487 e. The van der Waals surface area contributed by atoms with Gasteiger partial charge in [0.1, 0.15) is 11.4 Å². The second-order valence-electron chi connectivity index (χ2n) is 3.52. The lowest BCUT2D eigenvalue weighted by Crippen LogP contribution is -2.37. The van der Waals surface area contributed by atoms with Gasteiger partial charge in [0.15, 0.2) is 0 Å². The van der Waals surface area contributed by atoms with Gasteiger partial charge in [-0.15, -0.1) is 0 Å². The van der Waals surface area contributed by atoms with Crippen LogP contribution in [0, 0.1) is 0 Å². The summed E-state index contributed by atoms with van der Waals surface area (Å²) in [7, 11) is 0. The molecule has 0 bridgehead atoms. The van der Waals surface area contributed by atoms with E-state index in [4.69, 9.17) is 22.1 Å². The third-order valence-electron chi connectivity index (χ3n) is 1.70. The van der Waals surface area contributed by atoms with Crippen molar-refractivity contribution in [2.75, 3.05) is 6.54 Å². The van der Waals surface area contributed by atoms with E-state index in [1.807, 2.05) is 26.0 Å². The van der Waals surface area contributed by atoms with Crippen molar-refractivity contribution in [3.8, 4) is 5.75 Å². The lowest BCUT2D eigenvalue weighted by atomic mass is 10.1. The molecule has 0 fully saturated rings. The van der Waals surface area contributed by atoms with Crippen molar-refractivity contribution in [1.82, 2.24) is 0 Å². The van der Waals surface area contributed by atoms with Gasteiger partial charge in [-0.05, 0) is 38.1 Å². The van der Waals surface area contributed by atoms with Gasteiger partial charge in [0.2, 0.25) is 0 Å². The zero-order valence-electron chi connectivity index (χ0n) is 7.88. The fourth-order valence-electron chi connectivity index (χ4n) is 0.863. The Hall–Kier alpha value is -0.730. The number of benzene rings is 1. The normalized spacial score (nSPS) is 11.4. The summed E-state index contributed by atoms with van der Waals surface area (Å²) in [5, 5.41) is 0.706. The minimum absolute atomic E-state index is 0.326. The monoisotopic (exact) mass is 199 g/mol. The first kappa shape index (κ1) is 10.4. The molecule has 1 aromatic rings. The summed E-state index contributed by atoms with van der Waals surface area (Å²) in [6, 6.07) is 7.26. The second-order valence-corrected chi connectivity index (χ2v) is 3.96. The van der Waals surface area contributed by atoms with Crippen LogP contribution < -0.4 is 10.5 Å². The highest BCUT2D eigenvalue weighted by molar-refractivity contribution is 6.30. The molecule has 1 aromatic carbocycles. The van der Waals surface area contributed by atoms with E-state index in [-0.39, 0.29) is 5.60 Å². The topological polar surface area (TPSA) is 35.2 Å². The van der Waals surface area contributed by atoms with Gasteiger partial charge in [0.05, 0.1) is 0 Å². The van der Waals surface area contributed by atoms with Crippen molar-refractivity contribution in [3.05, 3.63) is 29.3 Å². The Morgan fingerprint density at radius 1 is 1.31 bits per heavy atom. The van der Waals surface area contributed by atoms with E-state index in [0.29, 0.717) is 11.6 Å². The Kier molecular flexibility index (Phi) is 3.17. The van der Waals surface area contributed by atoms with Crippen molar-refractivity contribution >= 4 is 11.6 Å². The molecule has 1 rings (SSSR count). The molecule has 2 nitrogen and oxygen atoms in total. The van der Waals surface area contributed by atoms with Gasteiger partial charge in [0.25, 0.3) is 0 Å². The van der Waals surface area contributed by atoms with E-state index in [2.05, 4.69) is 0 Å². The molecule has 0 aliphatic carbocycles. The number of halogens is 1. The molecule has 0 atom stereocenters. The maximum absolute atomic E-state index is 5.74. The molecule has 0 saturated heterocycles. The third kappa shape index (κ3) is 3.25. The molecule has 72 valence electrons. The fraction of sp³-hybridized carbons (Fsp3) is 0.400. The van der Waals surface area contributed by atoms with Crippen LogP contribution in [0.2, 0.25) is 5.02 Å². The van der Waals surface area contributed by atoms with Gasteiger partial charge in [0, 0.05) is 11.6 Å². The summed E-state index contributed by atoms with van der Waals surface area (Å²) in [4.78, 5) is 0. The van der Waals surface area contributed by atoms with Crippen LogP contribution in [0.3, 0.4) is 0 Å². The Bertz CT molecular complexity index is 269. The maximum atomic E-state index is 5.74. The second kappa shape index (κ2) is 3.99. The average molecular weight is 200 g/mol. The van der Waals surface area contributed by atoms with E-state index in [1.54, 1.807) is 12.1 Å². The number of ether oxygens (including phenoxy) is 1. The first-order valence-corrected chi connectivity index (χ1v) is 4.56. The molecule has 3 heteroatoms. The smallest absolute Gasteiger partial charge is 0.120 e. The number of hydrogen-bond donors (Lipinski definition) is 1. The lowest BCUT2D eigenvalue weighted by Gasteiger charge is -2.24. The maximum Gasteiger partial charge on any atom is 0.120 e. The Morgan fingerprint density at radius 3 is 2.31 bits per heavy atom.